The molecule has 2 aromatic heterocycles. The van der Waals surface area contributed by atoms with Crippen LogP contribution in [0.2, 0.25) is 0 Å². The SMILES string of the molecule is Cc1ccncc1-c1ccc2cc(NC(=O)CCCO)ncc2c1. The molecular weight excluding hydrogens is 302 g/mol. The largest absolute Gasteiger partial charge is 0.396 e. The van der Waals surface area contributed by atoms with Crippen LogP contribution in [-0.2, 0) is 4.79 Å². The van der Waals surface area contributed by atoms with Crippen LogP contribution < -0.4 is 5.32 Å². The number of carbonyl (C=O) groups excluding carboxylic acids is 1. The highest BCUT2D eigenvalue weighted by atomic mass is 16.3. The van der Waals surface area contributed by atoms with Gasteiger partial charge in [0, 0.05) is 42.6 Å². The maximum atomic E-state index is 11.7. The van der Waals surface area contributed by atoms with Crippen molar-refractivity contribution in [1.82, 2.24) is 9.97 Å². The fourth-order valence-electron chi connectivity index (χ4n) is 2.59. The van der Waals surface area contributed by atoms with E-state index in [1.165, 1.54) is 5.56 Å². The lowest BCUT2D eigenvalue weighted by atomic mass is 10.0. The Labute approximate surface area is 140 Å². The maximum Gasteiger partial charge on any atom is 0.225 e. The summed E-state index contributed by atoms with van der Waals surface area (Å²) in [5.74, 6) is 0.384. The summed E-state index contributed by atoms with van der Waals surface area (Å²) in [6.07, 6.45) is 6.14. The van der Waals surface area contributed by atoms with Crippen molar-refractivity contribution in [3.8, 4) is 11.1 Å². The number of amides is 1. The van der Waals surface area contributed by atoms with Crippen molar-refractivity contribution in [2.75, 3.05) is 11.9 Å². The normalized spacial score (nSPS) is 10.8. The predicted octanol–water partition coefficient (Wildman–Crippen LogP) is 3.32. The van der Waals surface area contributed by atoms with Gasteiger partial charge in [-0.3, -0.25) is 9.78 Å². The fraction of sp³-hybridized carbons (Fsp3) is 0.211. The number of aliphatic hydroxyl groups excluding tert-OH is 1. The number of carbonyl (C=O) groups is 1. The second-order valence-electron chi connectivity index (χ2n) is 5.70. The number of hydrogen-bond acceptors (Lipinski definition) is 4. The number of aryl methyl sites for hydroxylation is 1. The number of rotatable bonds is 5. The lowest BCUT2D eigenvalue weighted by Gasteiger charge is -2.08. The number of pyridine rings is 2. The summed E-state index contributed by atoms with van der Waals surface area (Å²) < 4.78 is 0. The van der Waals surface area contributed by atoms with Crippen molar-refractivity contribution in [3.63, 3.8) is 0 Å². The molecule has 122 valence electrons. The lowest BCUT2D eigenvalue weighted by molar-refractivity contribution is -0.116. The molecule has 0 unspecified atom stereocenters. The summed E-state index contributed by atoms with van der Waals surface area (Å²) in [5.41, 5.74) is 3.36. The molecule has 0 saturated heterocycles. The van der Waals surface area contributed by atoms with Gasteiger partial charge in [-0.25, -0.2) is 4.98 Å². The van der Waals surface area contributed by atoms with Gasteiger partial charge in [0.05, 0.1) is 0 Å². The Hall–Kier alpha value is -2.79. The predicted molar refractivity (Wildman–Crippen MR) is 94.7 cm³/mol. The van der Waals surface area contributed by atoms with Gasteiger partial charge in [-0.1, -0.05) is 12.1 Å². The van der Waals surface area contributed by atoms with Crippen molar-refractivity contribution in [2.45, 2.75) is 19.8 Å². The molecule has 0 saturated carbocycles. The first-order chi connectivity index (χ1) is 11.7. The van der Waals surface area contributed by atoms with Gasteiger partial charge < -0.3 is 10.4 Å². The molecule has 2 heterocycles. The molecule has 3 aromatic rings. The minimum absolute atomic E-state index is 0.00903. The van der Waals surface area contributed by atoms with E-state index in [2.05, 4.69) is 28.3 Å². The van der Waals surface area contributed by atoms with Crippen LogP contribution in [0.4, 0.5) is 5.82 Å². The van der Waals surface area contributed by atoms with Crippen LogP contribution in [-0.4, -0.2) is 27.6 Å². The molecule has 0 bridgehead atoms. The second kappa shape index (κ2) is 7.19. The van der Waals surface area contributed by atoms with E-state index in [1.54, 1.807) is 12.4 Å². The van der Waals surface area contributed by atoms with E-state index in [-0.39, 0.29) is 18.9 Å². The molecule has 0 aliphatic carbocycles. The zero-order valence-corrected chi connectivity index (χ0v) is 13.5. The zero-order chi connectivity index (χ0) is 16.9. The Bertz CT molecular complexity index is 877. The van der Waals surface area contributed by atoms with Crippen LogP contribution in [0.15, 0.2) is 48.9 Å². The standard InChI is InChI=1S/C19H19N3O2/c1-13-6-7-20-12-17(13)15-5-4-14-10-18(21-11-16(14)9-15)22-19(24)3-2-8-23/h4-7,9-12,23H,2-3,8H2,1H3,(H,21,22,24). The zero-order valence-electron chi connectivity index (χ0n) is 13.5. The van der Waals surface area contributed by atoms with Crippen LogP contribution in [0.25, 0.3) is 21.9 Å². The number of nitrogens with zero attached hydrogens (tertiary/aromatic N) is 2. The average molecular weight is 321 g/mol. The molecule has 0 radical (unpaired) electrons. The molecule has 1 amide bonds. The van der Waals surface area contributed by atoms with Crippen LogP contribution in [0.1, 0.15) is 18.4 Å². The number of hydrogen-bond donors (Lipinski definition) is 2. The van der Waals surface area contributed by atoms with E-state index in [9.17, 15) is 4.79 Å². The molecule has 0 aliphatic heterocycles. The summed E-state index contributed by atoms with van der Waals surface area (Å²) in [7, 11) is 0. The summed E-state index contributed by atoms with van der Waals surface area (Å²) in [5, 5.41) is 13.5. The molecule has 24 heavy (non-hydrogen) atoms. The fourth-order valence-corrected chi connectivity index (χ4v) is 2.59. The topological polar surface area (TPSA) is 75.1 Å². The molecule has 0 aliphatic rings. The van der Waals surface area contributed by atoms with Gasteiger partial charge in [-0.15, -0.1) is 0 Å². The van der Waals surface area contributed by atoms with Crippen LogP contribution >= 0.6 is 0 Å². The number of anilines is 1. The number of fused-ring (bicyclic) bond motifs is 1. The summed E-state index contributed by atoms with van der Waals surface area (Å²) >= 11 is 0. The highest BCUT2D eigenvalue weighted by Gasteiger charge is 2.06. The molecular formula is C19H19N3O2. The molecule has 0 spiro atoms. The third-order valence-corrected chi connectivity index (χ3v) is 3.90. The van der Waals surface area contributed by atoms with E-state index in [4.69, 9.17) is 5.11 Å². The number of benzene rings is 1. The molecule has 5 nitrogen and oxygen atoms in total. The average Bonchev–Trinajstić information content (AvgIpc) is 2.60. The number of nitrogens with one attached hydrogen (secondary N) is 1. The second-order valence-corrected chi connectivity index (χ2v) is 5.70. The van der Waals surface area contributed by atoms with Gasteiger partial charge in [-0.05, 0) is 48.1 Å². The molecule has 0 fully saturated rings. The van der Waals surface area contributed by atoms with Crippen LogP contribution in [0, 0.1) is 6.92 Å². The third-order valence-electron chi connectivity index (χ3n) is 3.90. The minimum Gasteiger partial charge on any atom is -0.396 e. The minimum atomic E-state index is -0.140. The summed E-state index contributed by atoms with van der Waals surface area (Å²) in [6, 6.07) is 9.98. The smallest absolute Gasteiger partial charge is 0.225 e. The van der Waals surface area contributed by atoms with Crippen molar-refractivity contribution in [2.24, 2.45) is 0 Å². The van der Waals surface area contributed by atoms with E-state index in [0.717, 1.165) is 21.9 Å². The number of aromatic nitrogens is 2. The van der Waals surface area contributed by atoms with Crippen LogP contribution in [0.5, 0.6) is 0 Å². The first-order valence-electron chi connectivity index (χ1n) is 7.89. The lowest BCUT2D eigenvalue weighted by Crippen LogP contribution is -2.12. The monoisotopic (exact) mass is 321 g/mol. The van der Waals surface area contributed by atoms with Gasteiger partial charge in [0.2, 0.25) is 5.91 Å². The van der Waals surface area contributed by atoms with Gasteiger partial charge in [-0.2, -0.15) is 0 Å². The Balaban J connectivity index is 1.86. The Morgan fingerprint density at radius 2 is 2.04 bits per heavy atom. The van der Waals surface area contributed by atoms with Gasteiger partial charge in [0.25, 0.3) is 0 Å². The van der Waals surface area contributed by atoms with Crippen molar-refractivity contribution >= 4 is 22.5 Å². The van der Waals surface area contributed by atoms with Gasteiger partial charge in [0.1, 0.15) is 5.82 Å². The first kappa shape index (κ1) is 16.1. The van der Waals surface area contributed by atoms with E-state index < -0.39 is 0 Å². The quantitative estimate of drug-likeness (QED) is 0.756. The third kappa shape index (κ3) is 3.58. The first-order valence-corrected chi connectivity index (χ1v) is 7.89. The molecule has 5 heteroatoms. The van der Waals surface area contributed by atoms with Gasteiger partial charge >= 0.3 is 0 Å². The highest BCUT2D eigenvalue weighted by molar-refractivity contribution is 5.93. The highest BCUT2D eigenvalue weighted by Crippen LogP contribution is 2.27. The molecule has 2 N–H and O–H groups in total. The van der Waals surface area contributed by atoms with Crippen LogP contribution in [0.3, 0.4) is 0 Å². The van der Waals surface area contributed by atoms with E-state index in [0.29, 0.717) is 12.2 Å². The molecule has 0 atom stereocenters. The van der Waals surface area contributed by atoms with Crippen molar-refractivity contribution in [1.29, 1.82) is 0 Å². The Morgan fingerprint density at radius 3 is 2.83 bits per heavy atom. The number of aliphatic hydroxyl groups is 1. The summed E-state index contributed by atoms with van der Waals surface area (Å²) in [6.45, 7) is 2.07. The maximum absolute atomic E-state index is 11.7. The Morgan fingerprint density at radius 1 is 1.17 bits per heavy atom. The molecule has 3 rings (SSSR count). The van der Waals surface area contributed by atoms with Crippen molar-refractivity contribution < 1.29 is 9.90 Å². The molecule has 1 aromatic carbocycles. The summed E-state index contributed by atoms with van der Waals surface area (Å²) in [4.78, 5) is 20.2. The van der Waals surface area contributed by atoms with Gasteiger partial charge in [0.15, 0.2) is 0 Å². The van der Waals surface area contributed by atoms with Crippen molar-refractivity contribution in [3.05, 3.63) is 54.5 Å². The van der Waals surface area contributed by atoms with E-state index >= 15 is 0 Å². The van der Waals surface area contributed by atoms with E-state index in [1.807, 2.05) is 30.5 Å². The Kier molecular flexibility index (Phi) is 4.82.